The summed E-state index contributed by atoms with van der Waals surface area (Å²) in [6.07, 6.45) is 1.58. The zero-order valence-corrected chi connectivity index (χ0v) is 24.5. The van der Waals surface area contributed by atoms with Gasteiger partial charge in [0, 0.05) is 77.6 Å². The van der Waals surface area contributed by atoms with E-state index in [2.05, 4.69) is 25.3 Å². The van der Waals surface area contributed by atoms with Crippen molar-refractivity contribution in [2.24, 2.45) is 0 Å². The fourth-order valence-corrected chi connectivity index (χ4v) is 4.70. The van der Waals surface area contributed by atoms with Crippen LogP contribution in [0.4, 0.5) is 26.4 Å². The van der Waals surface area contributed by atoms with Crippen molar-refractivity contribution in [1.82, 2.24) is 34.7 Å². The summed E-state index contributed by atoms with van der Waals surface area (Å²) in [7, 11) is 5.68. The average Bonchev–Trinajstić information content (AvgIpc) is 3.66. The lowest BCUT2D eigenvalue weighted by Crippen LogP contribution is -2.48. The second-order valence-corrected chi connectivity index (χ2v) is 10.6. The van der Waals surface area contributed by atoms with Gasteiger partial charge in [0.25, 0.3) is 5.91 Å². The number of halogens is 2. The predicted octanol–water partition coefficient (Wildman–Crippen LogP) is 1.56. The maximum absolute atomic E-state index is 14.7. The molecule has 4 aromatic rings. The zero-order chi connectivity index (χ0) is 30.5. The topological polar surface area (TPSA) is 134 Å². The molecule has 0 bridgehead atoms. The minimum atomic E-state index is -0.849. The number of ether oxygens (including phenoxy) is 1. The number of nitrogen functional groups attached to an aromatic ring is 1. The highest BCUT2D eigenvalue weighted by Crippen LogP contribution is 2.29. The number of amides is 1. The van der Waals surface area contributed by atoms with E-state index in [9.17, 15) is 13.6 Å². The summed E-state index contributed by atoms with van der Waals surface area (Å²) in [5.74, 6) is -0.750. The van der Waals surface area contributed by atoms with E-state index in [4.69, 9.17) is 14.9 Å². The first-order chi connectivity index (χ1) is 20.7. The fraction of sp³-hybridized carbons (Fsp3) is 0.429. The second-order valence-electron chi connectivity index (χ2n) is 10.6. The Kier molecular flexibility index (Phi) is 9.21. The molecule has 1 amide bonds. The summed E-state index contributed by atoms with van der Waals surface area (Å²) >= 11 is 0. The van der Waals surface area contributed by atoms with E-state index >= 15 is 0 Å². The van der Waals surface area contributed by atoms with Crippen LogP contribution < -0.4 is 25.6 Å². The first-order valence-corrected chi connectivity index (χ1v) is 14.0. The summed E-state index contributed by atoms with van der Waals surface area (Å²) in [6.45, 7) is 4.54. The Morgan fingerprint density at radius 2 is 1.88 bits per heavy atom. The van der Waals surface area contributed by atoms with Crippen LogP contribution in [0.5, 0.6) is 5.75 Å². The van der Waals surface area contributed by atoms with E-state index in [0.717, 1.165) is 12.6 Å². The number of benzene rings is 1. The van der Waals surface area contributed by atoms with Gasteiger partial charge in [0.2, 0.25) is 11.9 Å². The van der Waals surface area contributed by atoms with E-state index in [-0.39, 0.29) is 29.9 Å². The van der Waals surface area contributed by atoms with Gasteiger partial charge >= 0.3 is 0 Å². The van der Waals surface area contributed by atoms with Crippen LogP contribution in [-0.2, 0) is 4.79 Å². The number of hydrogen-bond donors (Lipinski definition) is 2. The maximum Gasteiger partial charge on any atom is 0.257 e. The minimum Gasteiger partial charge on any atom is -0.481 e. The van der Waals surface area contributed by atoms with E-state index in [1.165, 1.54) is 10.6 Å². The van der Waals surface area contributed by atoms with Crippen LogP contribution in [0.15, 0.2) is 41.0 Å². The van der Waals surface area contributed by atoms with Crippen molar-refractivity contribution < 1.29 is 22.7 Å². The maximum atomic E-state index is 14.7. The Morgan fingerprint density at radius 1 is 1.09 bits per heavy atom. The Hall–Kier alpha value is -4.50. The van der Waals surface area contributed by atoms with E-state index in [1.54, 1.807) is 18.4 Å². The standard InChI is InChI=1S/C28H36F2N10O3/c1-36(2)7-6-32-26(41)18-43-24-17-22(19(29)15-20(24)30)39-12-10-38(11-13-39)9-8-37(3)28-33-25-16-21(23-5-4-14-42-23)35-40(25)27(31)34-28/h4-5,14-17H,6-13,18H2,1-3H3,(H,32,41)(H2,31,33,34). The van der Waals surface area contributed by atoms with Crippen LogP contribution in [0.1, 0.15) is 0 Å². The van der Waals surface area contributed by atoms with Crippen molar-refractivity contribution in [3.63, 3.8) is 0 Å². The smallest absolute Gasteiger partial charge is 0.257 e. The first kappa shape index (κ1) is 30.0. The van der Waals surface area contributed by atoms with Gasteiger partial charge in [0.15, 0.2) is 29.6 Å². The molecule has 1 aromatic carbocycles. The number of furan rings is 1. The number of aromatic nitrogens is 4. The van der Waals surface area contributed by atoms with Crippen LogP contribution in [-0.4, -0.2) is 115 Å². The van der Waals surface area contributed by atoms with Gasteiger partial charge in [-0.1, -0.05) is 0 Å². The Balaban J connectivity index is 1.13. The highest BCUT2D eigenvalue weighted by atomic mass is 19.1. The normalized spacial score (nSPS) is 14.0. The first-order valence-electron chi connectivity index (χ1n) is 14.0. The Labute approximate surface area is 247 Å². The number of rotatable bonds is 12. The fourth-order valence-electron chi connectivity index (χ4n) is 4.70. The number of piperazine rings is 1. The van der Waals surface area contributed by atoms with Crippen LogP contribution in [0.3, 0.4) is 0 Å². The molecule has 15 heteroatoms. The van der Waals surface area contributed by atoms with Crippen LogP contribution in [0, 0.1) is 11.6 Å². The molecule has 0 unspecified atom stereocenters. The third-order valence-electron chi connectivity index (χ3n) is 7.16. The molecule has 1 fully saturated rings. The number of carbonyl (C=O) groups excluding carboxylic acids is 1. The highest BCUT2D eigenvalue weighted by Gasteiger charge is 2.23. The number of likely N-dealkylation sites (N-methyl/N-ethyl adjacent to an activating group) is 2. The van der Waals surface area contributed by atoms with Gasteiger partial charge in [-0.05, 0) is 26.2 Å². The monoisotopic (exact) mass is 598 g/mol. The average molecular weight is 599 g/mol. The largest absolute Gasteiger partial charge is 0.481 e. The number of hydrogen-bond acceptors (Lipinski definition) is 11. The lowest BCUT2D eigenvalue weighted by molar-refractivity contribution is -0.123. The van der Waals surface area contributed by atoms with Crippen LogP contribution >= 0.6 is 0 Å². The number of fused-ring (bicyclic) bond motifs is 1. The van der Waals surface area contributed by atoms with Crippen molar-refractivity contribution in [3.8, 4) is 17.2 Å². The molecule has 0 atom stereocenters. The number of nitrogens with two attached hydrogens (primary N) is 1. The molecule has 230 valence electrons. The molecular formula is C28H36F2N10O3. The third kappa shape index (κ3) is 7.29. The number of anilines is 3. The number of nitrogens with one attached hydrogen (secondary N) is 1. The molecule has 0 radical (unpaired) electrons. The zero-order valence-electron chi connectivity index (χ0n) is 24.5. The Morgan fingerprint density at radius 3 is 2.60 bits per heavy atom. The summed E-state index contributed by atoms with van der Waals surface area (Å²) in [4.78, 5) is 29.0. The lowest BCUT2D eigenvalue weighted by atomic mass is 10.2. The van der Waals surface area contributed by atoms with Gasteiger partial charge in [-0.15, -0.1) is 0 Å². The van der Waals surface area contributed by atoms with Crippen LogP contribution in [0.2, 0.25) is 0 Å². The molecule has 3 N–H and O–H groups in total. The van der Waals surface area contributed by atoms with Crippen molar-refractivity contribution >= 4 is 29.1 Å². The SMILES string of the molecule is CN(C)CCNC(=O)COc1cc(N2CCN(CCN(C)c3nc(N)n4nc(-c5ccco5)cc4n3)CC2)c(F)cc1F. The molecule has 5 rings (SSSR count). The molecule has 1 aliphatic heterocycles. The molecule has 13 nitrogen and oxygen atoms in total. The van der Waals surface area contributed by atoms with Gasteiger partial charge in [-0.2, -0.15) is 19.6 Å². The van der Waals surface area contributed by atoms with Crippen molar-refractivity contribution in [2.75, 3.05) is 95.6 Å². The second kappa shape index (κ2) is 13.2. The summed E-state index contributed by atoms with van der Waals surface area (Å²) in [6, 6.07) is 7.51. The van der Waals surface area contributed by atoms with E-state index < -0.39 is 11.6 Å². The number of carbonyl (C=O) groups is 1. The summed E-state index contributed by atoms with van der Waals surface area (Å²) < 4.78 is 41.4. The third-order valence-corrected chi connectivity index (χ3v) is 7.16. The molecule has 0 aliphatic carbocycles. The summed E-state index contributed by atoms with van der Waals surface area (Å²) in [5, 5.41) is 7.13. The van der Waals surface area contributed by atoms with Crippen molar-refractivity contribution in [3.05, 3.63) is 48.2 Å². The number of nitrogens with zero attached hydrogens (tertiary/aromatic N) is 8. The van der Waals surface area contributed by atoms with Crippen LogP contribution in [0.25, 0.3) is 17.1 Å². The molecule has 0 spiro atoms. The van der Waals surface area contributed by atoms with Crippen molar-refractivity contribution in [2.45, 2.75) is 0 Å². The minimum absolute atomic E-state index is 0.158. The molecule has 1 aliphatic rings. The molecule has 4 heterocycles. The van der Waals surface area contributed by atoms with Gasteiger partial charge < -0.3 is 34.9 Å². The van der Waals surface area contributed by atoms with Crippen molar-refractivity contribution in [1.29, 1.82) is 0 Å². The van der Waals surface area contributed by atoms with E-state index in [0.29, 0.717) is 68.9 Å². The van der Waals surface area contributed by atoms with E-state index in [1.807, 2.05) is 41.9 Å². The van der Waals surface area contributed by atoms with Gasteiger partial charge in [0.1, 0.15) is 11.5 Å². The lowest BCUT2D eigenvalue weighted by Gasteiger charge is -2.37. The van der Waals surface area contributed by atoms with Gasteiger partial charge in [-0.3, -0.25) is 9.69 Å². The Bertz CT molecular complexity index is 1540. The van der Waals surface area contributed by atoms with Gasteiger partial charge in [0.05, 0.1) is 12.0 Å². The van der Waals surface area contributed by atoms with Gasteiger partial charge in [-0.25, -0.2) is 8.78 Å². The molecule has 3 aromatic heterocycles. The summed E-state index contributed by atoms with van der Waals surface area (Å²) in [5.41, 5.74) is 7.57. The molecule has 0 saturated carbocycles. The quantitative estimate of drug-likeness (QED) is 0.246. The predicted molar refractivity (Wildman–Crippen MR) is 158 cm³/mol. The molecule has 1 saturated heterocycles. The highest BCUT2D eigenvalue weighted by molar-refractivity contribution is 5.77. The molecule has 43 heavy (non-hydrogen) atoms. The molecular weight excluding hydrogens is 562 g/mol.